The van der Waals surface area contributed by atoms with Gasteiger partial charge >= 0.3 is 5.97 Å². The Bertz CT molecular complexity index is 136. The van der Waals surface area contributed by atoms with Crippen molar-refractivity contribution in [3.8, 4) is 0 Å². The van der Waals surface area contributed by atoms with E-state index in [4.69, 9.17) is 4.84 Å². The lowest BCUT2D eigenvalue weighted by atomic mass is 10.4. The molecule has 0 radical (unpaired) electrons. The molecule has 0 aromatic carbocycles. The standard InChI is InChI=1S/C7H13NO2/c1-3-6-5-8(6)10-7(9)4-2/h6H,3-5H2,1-2H3. The first kappa shape index (κ1) is 7.54. The SMILES string of the molecule is CCC(=O)ON1CC1CC. The Morgan fingerprint density at radius 1 is 1.70 bits per heavy atom. The fourth-order valence-corrected chi connectivity index (χ4v) is 0.800. The van der Waals surface area contributed by atoms with Crippen molar-refractivity contribution in [2.24, 2.45) is 0 Å². The monoisotopic (exact) mass is 143 g/mol. The van der Waals surface area contributed by atoms with E-state index in [0.29, 0.717) is 12.5 Å². The first-order valence-electron chi connectivity index (χ1n) is 3.75. The lowest BCUT2D eigenvalue weighted by Gasteiger charge is -2.00. The van der Waals surface area contributed by atoms with E-state index in [0.717, 1.165) is 13.0 Å². The van der Waals surface area contributed by atoms with Crippen molar-refractivity contribution in [3.05, 3.63) is 0 Å². The molecule has 0 aliphatic carbocycles. The zero-order valence-corrected chi connectivity index (χ0v) is 6.46. The van der Waals surface area contributed by atoms with Gasteiger partial charge < -0.3 is 4.84 Å². The average Bonchev–Trinajstić information content (AvgIpc) is 2.67. The smallest absolute Gasteiger partial charge is 0.324 e. The highest BCUT2D eigenvalue weighted by Crippen LogP contribution is 2.20. The van der Waals surface area contributed by atoms with Crippen LogP contribution >= 0.6 is 0 Å². The predicted octanol–water partition coefficient (Wildman–Crippen LogP) is 0.949. The van der Waals surface area contributed by atoms with Crippen LogP contribution in [0.15, 0.2) is 0 Å². The molecule has 58 valence electrons. The van der Waals surface area contributed by atoms with Crippen LogP contribution in [0.25, 0.3) is 0 Å². The number of rotatable bonds is 3. The Kier molecular flexibility index (Phi) is 2.27. The molecule has 0 amide bonds. The lowest BCUT2D eigenvalue weighted by molar-refractivity contribution is -0.167. The van der Waals surface area contributed by atoms with Gasteiger partial charge in [-0.1, -0.05) is 13.8 Å². The number of hydroxylamine groups is 2. The van der Waals surface area contributed by atoms with E-state index >= 15 is 0 Å². The highest BCUT2D eigenvalue weighted by molar-refractivity contribution is 5.68. The molecule has 1 fully saturated rings. The van der Waals surface area contributed by atoms with Gasteiger partial charge in [0.25, 0.3) is 0 Å². The summed E-state index contributed by atoms with van der Waals surface area (Å²) >= 11 is 0. The molecular weight excluding hydrogens is 130 g/mol. The van der Waals surface area contributed by atoms with Crippen LogP contribution in [0, 0.1) is 0 Å². The molecule has 0 bridgehead atoms. The van der Waals surface area contributed by atoms with E-state index in [1.807, 2.05) is 0 Å². The molecule has 0 saturated carbocycles. The second kappa shape index (κ2) is 3.01. The summed E-state index contributed by atoms with van der Waals surface area (Å²) in [5, 5.41) is 1.73. The van der Waals surface area contributed by atoms with Crippen LogP contribution in [0.2, 0.25) is 0 Å². The van der Waals surface area contributed by atoms with Crippen molar-refractivity contribution >= 4 is 5.97 Å². The zero-order chi connectivity index (χ0) is 7.56. The van der Waals surface area contributed by atoms with E-state index in [-0.39, 0.29) is 5.97 Å². The Balaban J connectivity index is 2.11. The van der Waals surface area contributed by atoms with Crippen molar-refractivity contribution in [1.82, 2.24) is 5.06 Å². The van der Waals surface area contributed by atoms with E-state index < -0.39 is 0 Å². The third kappa shape index (κ3) is 1.70. The summed E-state index contributed by atoms with van der Waals surface area (Å²) in [6.07, 6.45) is 1.53. The number of carbonyl (C=O) groups excluding carboxylic acids is 1. The normalized spacial score (nSPS) is 29.8. The second-order valence-electron chi connectivity index (χ2n) is 2.48. The summed E-state index contributed by atoms with van der Waals surface area (Å²) in [6, 6.07) is 0.496. The van der Waals surface area contributed by atoms with E-state index in [9.17, 15) is 4.79 Å². The van der Waals surface area contributed by atoms with Crippen molar-refractivity contribution < 1.29 is 9.63 Å². The molecule has 2 atom stereocenters. The van der Waals surface area contributed by atoms with Gasteiger partial charge in [0.1, 0.15) is 0 Å². The number of hydrogen-bond donors (Lipinski definition) is 0. The van der Waals surface area contributed by atoms with Crippen molar-refractivity contribution in [2.75, 3.05) is 6.54 Å². The molecule has 3 nitrogen and oxygen atoms in total. The summed E-state index contributed by atoms with van der Waals surface area (Å²) < 4.78 is 0. The summed E-state index contributed by atoms with van der Waals surface area (Å²) in [6.45, 7) is 4.81. The average molecular weight is 143 g/mol. The van der Waals surface area contributed by atoms with E-state index in [2.05, 4.69) is 6.92 Å². The van der Waals surface area contributed by atoms with Crippen molar-refractivity contribution in [3.63, 3.8) is 0 Å². The molecule has 1 saturated heterocycles. The maximum Gasteiger partial charge on any atom is 0.324 e. The molecular formula is C7H13NO2. The molecule has 1 heterocycles. The topological polar surface area (TPSA) is 29.3 Å². The third-order valence-electron chi connectivity index (χ3n) is 1.64. The van der Waals surface area contributed by atoms with Crippen molar-refractivity contribution in [2.45, 2.75) is 32.7 Å². The molecule has 3 heteroatoms. The van der Waals surface area contributed by atoms with Crippen molar-refractivity contribution in [1.29, 1.82) is 0 Å². The molecule has 2 unspecified atom stereocenters. The Morgan fingerprint density at radius 3 is 2.80 bits per heavy atom. The molecule has 0 spiro atoms. The fourth-order valence-electron chi connectivity index (χ4n) is 0.800. The van der Waals surface area contributed by atoms with Crippen LogP contribution in [0.4, 0.5) is 0 Å². The second-order valence-corrected chi connectivity index (χ2v) is 2.48. The quantitative estimate of drug-likeness (QED) is 0.551. The molecule has 1 aliphatic heterocycles. The van der Waals surface area contributed by atoms with Gasteiger partial charge in [0.15, 0.2) is 0 Å². The van der Waals surface area contributed by atoms with Gasteiger partial charge in [0.05, 0.1) is 12.6 Å². The summed E-state index contributed by atoms with van der Waals surface area (Å²) in [7, 11) is 0. The number of carbonyl (C=O) groups is 1. The molecule has 0 aromatic rings. The number of nitrogens with zero attached hydrogens (tertiary/aromatic N) is 1. The van der Waals surface area contributed by atoms with Crippen LogP contribution < -0.4 is 0 Å². The van der Waals surface area contributed by atoms with Gasteiger partial charge in [-0.2, -0.15) is 0 Å². The van der Waals surface area contributed by atoms with Crippen LogP contribution in [-0.4, -0.2) is 23.6 Å². The molecule has 0 aromatic heterocycles. The van der Waals surface area contributed by atoms with Gasteiger partial charge in [0, 0.05) is 6.42 Å². The van der Waals surface area contributed by atoms with Gasteiger partial charge in [-0.25, -0.2) is 0 Å². The summed E-state index contributed by atoms with van der Waals surface area (Å²) in [5.41, 5.74) is 0. The summed E-state index contributed by atoms with van der Waals surface area (Å²) in [5.74, 6) is -0.129. The zero-order valence-electron chi connectivity index (χ0n) is 6.46. The Labute approximate surface area is 60.9 Å². The maximum atomic E-state index is 10.7. The highest BCUT2D eigenvalue weighted by atomic mass is 16.7. The summed E-state index contributed by atoms with van der Waals surface area (Å²) in [4.78, 5) is 15.6. The highest BCUT2D eigenvalue weighted by Gasteiger charge is 2.35. The third-order valence-corrected chi connectivity index (χ3v) is 1.64. The first-order valence-corrected chi connectivity index (χ1v) is 3.75. The number of hydrogen-bond acceptors (Lipinski definition) is 3. The molecule has 0 N–H and O–H groups in total. The fraction of sp³-hybridized carbons (Fsp3) is 0.857. The van der Waals surface area contributed by atoms with Gasteiger partial charge in [-0.15, -0.1) is 5.06 Å². The van der Waals surface area contributed by atoms with Crippen LogP contribution in [0.5, 0.6) is 0 Å². The van der Waals surface area contributed by atoms with Crippen LogP contribution in [0.3, 0.4) is 0 Å². The minimum absolute atomic E-state index is 0.129. The Morgan fingerprint density at radius 2 is 2.40 bits per heavy atom. The Hall–Kier alpha value is -0.570. The lowest BCUT2D eigenvalue weighted by Crippen LogP contribution is -2.09. The van der Waals surface area contributed by atoms with Gasteiger partial charge in [-0.05, 0) is 6.42 Å². The molecule has 10 heavy (non-hydrogen) atoms. The van der Waals surface area contributed by atoms with Crippen LogP contribution in [-0.2, 0) is 9.63 Å². The molecule has 1 rings (SSSR count). The van der Waals surface area contributed by atoms with Crippen LogP contribution in [0.1, 0.15) is 26.7 Å². The predicted molar refractivity (Wildman–Crippen MR) is 37.2 cm³/mol. The molecule has 1 aliphatic rings. The first-order chi connectivity index (χ1) is 4.77. The minimum Gasteiger partial charge on any atom is -0.368 e. The minimum atomic E-state index is -0.129. The largest absolute Gasteiger partial charge is 0.368 e. The van der Waals surface area contributed by atoms with Gasteiger partial charge in [0.2, 0.25) is 0 Å². The van der Waals surface area contributed by atoms with E-state index in [1.54, 1.807) is 12.0 Å². The maximum absolute atomic E-state index is 10.7. The van der Waals surface area contributed by atoms with Gasteiger partial charge in [-0.3, -0.25) is 4.79 Å². The van der Waals surface area contributed by atoms with E-state index in [1.165, 1.54) is 0 Å².